The van der Waals surface area contributed by atoms with Gasteiger partial charge in [0.15, 0.2) is 0 Å². The van der Waals surface area contributed by atoms with Crippen LogP contribution in [0.4, 0.5) is 0 Å². The summed E-state index contributed by atoms with van der Waals surface area (Å²) in [6.45, 7) is 8.46. The molecule has 1 aromatic rings. The maximum absolute atomic E-state index is 11.0. The van der Waals surface area contributed by atoms with Gasteiger partial charge in [-0.25, -0.2) is 0 Å². The van der Waals surface area contributed by atoms with Crippen LogP contribution in [-0.4, -0.2) is 36.3 Å². The lowest BCUT2D eigenvalue weighted by atomic mass is 10.0. The predicted molar refractivity (Wildman–Crippen MR) is 87.9 cm³/mol. The third-order valence-corrected chi connectivity index (χ3v) is 3.06. The predicted octanol–water partition coefficient (Wildman–Crippen LogP) is 1.18. The minimum Gasteiger partial charge on any atom is -0.491 e. The lowest BCUT2D eigenvalue weighted by molar-refractivity contribution is -0.117. The van der Waals surface area contributed by atoms with E-state index in [0.717, 1.165) is 11.1 Å². The molecule has 1 aromatic carbocycles. The van der Waals surface area contributed by atoms with Crippen LogP contribution < -0.4 is 15.8 Å². The van der Waals surface area contributed by atoms with E-state index in [2.05, 4.69) is 11.9 Å². The Morgan fingerprint density at radius 1 is 1.50 bits per heavy atom. The maximum Gasteiger partial charge on any atom is 0.221 e. The minimum absolute atomic E-state index is 0.200. The van der Waals surface area contributed by atoms with E-state index in [4.69, 9.17) is 10.5 Å². The summed E-state index contributed by atoms with van der Waals surface area (Å²) < 4.78 is 5.69. The molecule has 0 aliphatic carbocycles. The number of primary amides is 1. The third kappa shape index (κ3) is 6.74. The zero-order chi connectivity index (χ0) is 16.5. The average Bonchev–Trinajstić information content (AvgIpc) is 2.44. The Kier molecular flexibility index (Phi) is 7.63. The van der Waals surface area contributed by atoms with Crippen molar-refractivity contribution in [2.45, 2.75) is 38.8 Å². The molecule has 1 amide bonds. The van der Waals surface area contributed by atoms with Gasteiger partial charge >= 0.3 is 0 Å². The summed E-state index contributed by atoms with van der Waals surface area (Å²) >= 11 is 0. The second-order valence-corrected chi connectivity index (χ2v) is 5.61. The van der Waals surface area contributed by atoms with Crippen LogP contribution in [0.5, 0.6) is 5.75 Å². The fraction of sp³-hybridized carbons (Fsp3) is 0.471. The van der Waals surface area contributed by atoms with Crippen molar-refractivity contribution in [3.63, 3.8) is 0 Å². The molecule has 0 fully saturated rings. The van der Waals surface area contributed by atoms with Gasteiger partial charge in [-0.1, -0.05) is 32.1 Å². The van der Waals surface area contributed by atoms with E-state index in [0.29, 0.717) is 24.8 Å². The van der Waals surface area contributed by atoms with Crippen LogP contribution in [0, 0.1) is 0 Å². The first-order valence-electron chi connectivity index (χ1n) is 7.47. The van der Waals surface area contributed by atoms with Gasteiger partial charge in [0.1, 0.15) is 18.5 Å². The number of nitrogens with two attached hydrogens (primary N) is 1. The second-order valence-electron chi connectivity index (χ2n) is 5.61. The van der Waals surface area contributed by atoms with Crippen LogP contribution >= 0.6 is 0 Å². The molecule has 22 heavy (non-hydrogen) atoms. The number of allylic oxidation sites excluding steroid dienone is 1. The fourth-order valence-corrected chi connectivity index (χ4v) is 2.02. The van der Waals surface area contributed by atoms with Crippen molar-refractivity contribution in [3.05, 3.63) is 42.0 Å². The van der Waals surface area contributed by atoms with E-state index in [-0.39, 0.29) is 18.9 Å². The maximum atomic E-state index is 11.0. The molecular weight excluding hydrogens is 280 g/mol. The molecule has 4 N–H and O–H groups in total. The smallest absolute Gasteiger partial charge is 0.221 e. The highest BCUT2D eigenvalue weighted by atomic mass is 16.5. The standard InChI is InChI=1S/C17H26N2O3/c1-4-5-14-8-13(9-17(18)21)6-7-16(14)22-11-15(20)10-19-12(2)3/h4,6-8,12,15,19-20H,1,5,9-11H2,2-3H3,(H2,18,21). The Hall–Kier alpha value is -1.85. The molecule has 0 radical (unpaired) electrons. The van der Waals surface area contributed by atoms with Crippen molar-refractivity contribution in [1.82, 2.24) is 5.32 Å². The van der Waals surface area contributed by atoms with Crippen molar-refractivity contribution in [2.24, 2.45) is 5.73 Å². The van der Waals surface area contributed by atoms with Gasteiger partial charge in [0.25, 0.3) is 0 Å². The lowest BCUT2D eigenvalue weighted by Crippen LogP contribution is -2.35. The van der Waals surface area contributed by atoms with Gasteiger partial charge in [-0.05, 0) is 23.6 Å². The van der Waals surface area contributed by atoms with E-state index in [1.54, 1.807) is 12.1 Å². The summed E-state index contributed by atoms with van der Waals surface area (Å²) in [6, 6.07) is 5.82. The molecular formula is C17H26N2O3. The molecule has 0 heterocycles. The van der Waals surface area contributed by atoms with Gasteiger partial charge in [-0.15, -0.1) is 6.58 Å². The summed E-state index contributed by atoms with van der Waals surface area (Å²) in [7, 11) is 0. The number of nitrogens with one attached hydrogen (secondary N) is 1. The van der Waals surface area contributed by atoms with E-state index in [1.165, 1.54) is 0 Å². The minimum atomic E-state index is -0.579. The first-order chi connectivity index (χ1) is 10.4. The summed E-state index contributed by atoms with van der Waals surface area (Å²) in [5.41, 5.74) is 6.99. The number of carbonyl (C=O) groups excluding carboxylic acids is 1. The molecule has 5 nitrogen and oxygen atoms in total. The zero-order valence-electron chi connectivity index (χ0n) is 13.3. The van der Waals surface area contributed by atoms with Crippen LogP contribution in [0.1, 0.15) is 25.0 Å². The summed E-state index contributed by atoms with van der Waals surface area (Å²) in [4.78, 5) is 11.0. The van der Waals surface area contributed by atoms with Gasteiger partial charge < -0.3 is 20.9 Å². The van der Waals surface area contributed by atoms with Crippen molar-refractivity contribution in [2.75, 3.05) is 13.2 Å². The molecule has 0 saturated heterocycles. The monoisotopic (exact) mass is 306 g/mol. The Balaban J connectivity index is 2.68. The first kappa shape index (κ1) is 18.2. The zero-order valence-corrected chi connectivity index (χ0v) is 13.3. The quantitative estimate of drug-likeness (QED) is 0.567. The number of ether oxygens (including phenoxy) is 1. The number of aliphatic hydroxyl groups excluding tert-OH is 1. The van der Waals surface area contributed by atoms with Gasteiger partial charge in [-0.3, -0.25) is 4.79 Å². The Morgan fingerprint density at radius 3 is 2.82 bits per heavy atom. The van der Waals surface area contributed by atoms with Crippen molar-refractivity contribution < 1.29 is 14.6 Å². The second kappa shape index (κ2) is 9.23. The van der Waals surface area contributed by atoms with Crippen LogP contribution in [0.25, 0.3) is 0 Å². The molecule has 0 aliphatic rings. The highest BCUT2D eigenvalue weighted by molar-refractivity contribution is 5.76. The van der Waals surface area contributed by atoms with Crippen molar-refractivity contribution in [3.8, 4) is 5.75 Å². The summed E-state index contributed by atoms with van der Waals surface area (Å²) in [5.74, 6) is 0.324. The number of carbonyl (C=O) groups is 1. The number of amides is 1. The number of rotatable bonds is 10. The van der Waals surface area contributed by atoms with Crippen molar-refractivity contribution >= 4 is 5.91 Å². The average molecular weight is 306 g/mol. The SMILES string of the molecule is C=CCc1cc(CC(N)=O)ccc1OCC(O)CNC(C)C. The molecule has 0 bridgehead atoms. The molecule has 0 spiro atoms. The van der Waals surface area contributed by atoms with E-state index in [9.17, 15) is 9.90 Å². The highest BCUT2D eigenvalue weighted by Crippen LogP contribution is 2.21. The summed E-state index contributed by atoms with van der Waals surface area (Å²) in [6.07, 6.45) is 2.02. The van der Waals surface area contributed by atoms with Gasteiger partial charge in [-0.2, -0.15) is 0 Å². The topological polar surface area (TPSA) is 84.6 Å². The molecule has 5 heteroatoms. The third-order valence-electron chi connectivity index (χ3n) is 3.06. The lowest BCUT2D eigenvalue weighted by Gasteiger charge is -2.17. The molecule has 1 rings (SSSR count). The van der Waals surface area contributed by atoms with Crippen LogP contribution in [0.3, 0.4) is 0 Å². The van der Waals surface area contributed by atoms with Crippen LogP contribution in [-0.2, 0) is 17.6 Å². The highest BCUT2D eigenvalue weighted by Gasteiger charge is 2.10. The van der Waals surface area contributed by atoms with Crippen LogP contribution in [0.15, 0.2) is 30.9 Å². The molecule has 0 saturated carbocycles. The van der Waals surface area contributed by atoms with E-state index in [1.807, 2.05) is 26.0 Å². The first-order valence-corrected chi connectivity index (χ1v) is 7.47. The molecule has 122 valence electrons. The fourth-order valence-electron chi connectivity index (χ4n) is 2.02. The number of aliphatic hydroxyl groups is 1. The summed E-state index contributed by atoms with van der Waals surface area (Å²) in [5, 5.41) is 13.0. The largest absolute Gasteiger partial charge is 0.491 e. The number of benzene rings is 1. The Morgan fingerprint density at radius 2 is 2.23 bits per heavy atom. The van der Waals surface area contributed by atoms with E-state index >= 15 is 0 Å². The van der Waals surface area contributed by atoms with Gasteiger partial charge in [0.05, 0.1) is 6.42 Å². The normalized spacial score (nSPS) is 12.2. The molecule has 1 unspecified atom stereocenters. The Labute approximate surface area is 132 Å². The van der Waals surface area contributed by atoms with Gasteiger partial charge in [0, 0.05) is 12.6 Å². The molecule has 0 aromatic heterocycles. The van der Waals surface area contributed by atoms with Crippen LogP contribution in [0.2, 0.25) is 0 Å². The van der Waals surface area contributed by atoms with Gasteiger partial charge in [0.2, 0.25) is 5.91 Å². The number of hydrogen-bond donors (Lipinski definition) is 3. The number of hydrogen-bond acceptors (Lipinski definition) is 4. The van der Waals surface area contributed by atoms with E-state index < -0.39 is 6.10 Å². The Bertz CT molecular complexity index is 501. The van der Waals surface area contributed by atoms with Crippen molar-refractivity contribution in [1.29, 1.82) is 0 Å². The molecule has 1 atom stereocenters. The molecule has 0 aliphatic heterocycles.